The first-order valence-electron chi connectivity index (χ1n) is 5.65. The van der Waals surface area contributed by atoms with E-state index in [2.05, 4.69) is 0 Å². The van der Waals surface area contributed by atoms with Crippen molar-refractivity contribution in [2.75, 3.05) is 7.11 Å². The highest BCUT2D eigenvalue weighted by Gasteiger charge is 2.55. The van der Waals surface area contributed by atoms with Crippen LogP contribution in [0.2, 0.25) is 0 Å². The molecular formula is C13H17F2NO. The number of methoxy groups -OCH3 is 1. The van der Waals surface area contributed by atoms with Crippen LogP contribution in [0.4, 0.5) is 8.78 Å². The van der Waals surface area contributed by atoms with Gasteiger partial charge in [-0.2, -0.15) is 4.39 Å². The van der Waals surface area contributed by atoms with Crippen molar-refractivity contribution in [1.29, 1.82) is 0 Å². The molecule has 0 unspecified atom stereocenters. The van der Waals surface area contributed by atoms with Gasteiger partial charge in [0.05, 0.1) is 7.11 Å². The summed E-state index contributed by atoms with van der Waals surface area (Å²) in [7, 11) is 1.35. The molecule has 0 bridgehead atoms. The van der Waals surface area contributed by atoms with Crippen LogP contribution in [0, 0.1) is 11.6 Å². The Hall–Kier alpha value is -1.16. The highest BCUT2D eigenvalue weighted by molar-refractivity contribution is 5.47. The van der Waals surface area contributed by atoms with Gasteiger partial charge in [-0.25, -0.2) is 4.39 Å². The molecule has 0 spiro atoms. The van der Waals surface area contributed by atoms with E-state index in [1.54, 1.807) is 6.07 Å². The summed E-state index contributed by atoms with van der Waals surface area (Å²) >= 11 is 0. The SMILES string of the molecule is COc1c(C2(C(C)(C)N)CC2)ccc(F)c1F. The zero-order valence-corrected chi connectivity index (χ0v) is 10.3. The van der Waals surface area contributed by atoms with Crippen LogP contribution in [0.25, 0.3) is 0 Å². The van der Waals surface area contributed by atoms with Crippen LogP contribution in [0.3, 0.4) is 0 Å². The minimum atomic E-state index is -0.930. The van der Waals surface area contributed by atoms with Gasteiger partial charge >= 0.3 is 0 Å². The zero-order valence-electron chi connectivity index (χ0n) is 10.3. The second-order valence-electron chi connectivity index (χ2n) is 5.25. The molecule has 0 amide bonds. The normalized spacial score (nSPS) is 18.0. The largest absolute Gasteiger partial charge is 0.493 e. The lowest BCUT2D eigenvalue weighted by molar-refractivity contribution is 0.337. The van der Waals surface area contributed by atoms with Crippen molar-refractivity contribution in [1.82, 2.24) is 0 Å². The number of benzene rings is 1. The predicted molar refractivity (Wildman–Crippen MR) is 62.1 cm³/mol. The van der Waals surface area contributed by atoms with E-state index >= 15 is 0 Å². The minimum absolute atomic E-state index is 0.0129. The van der Waals surface area contributed by atoms with E-state index in [9.17, 15) is 8.78 Å². The zero-order chi connectivity index (χ0) is 12.8. The monoisotopic (exact) mass is 241 g/mol. The first kappa shape index (κ1) is 12.3. The molecule has 0 saturated heterocycles. The van der Waals surface area contributed by atoms with Crippen molar-refractivity contribution in [3.05, 3.63) is 29.3 Å². The van der Waals surface area contributed by atoms with Crippen LogP contribution in [0.5, 0.6) is 5.75 Å². The van der Waals surface area contributed by atoms with E-state index in [0.29, 0.717) is 5.56 Å². The van der Waals surface area contributed by atoms with Crippen LogP contribution in [0.1, 0.15) is 32.3 Å². The van der Waals surface area contributed by atoms with Crippen molar-refractivity contribution in [2.24, 2.45) is 5.73 Å². The van der Waals surface area contributed by atoms with Gasteiger partial charge in [-0.1, -0.05) is 6.07 Å². The topological polar surface area (TPSA) is 35.2 Å². The average Bonchev–Trinajstić information content (AvgIpc) is 3.01. The molecule has 0 radical (unpaired) electrons. The predicted octanol–water partition coefficient (Wildman–Crippen LogP) is 2.74. The Labute approximate surface area is 99.8 Å². The van der Waals surface area contributed by atoms with E-state index in [-0.39, 0.29) is 11.2 Å². The van der Waals surface area contributed by atoms with E-state index in [1.807, 2.05) is 13.8 Å². The molecule has 2 N–H and O–H groups in total. The van der Waals surface area contributed by atoms with Crippen molar-refractivity contribution < 1.29 is 13.5 Å². The lowest BCUT2D eigenvalue weighted by Crippen LogP contribution is -2.45. The van der Waals surface area contributed by atoms with Gasteiger partial charge in [0, 0.05) is 16.5 Å². The van der Waals surface area contributed by atoms with Gasteiger partial charge in [-0.15, -0.1) is 0 Å². The number of hydrogen-bond donors (Lipinski definition) is 1. The Balaban J connectivity index is 2.58. The first-order chi connectivity index (χ1) is 7.83. The molecule has 1 aromatic carbocycles. The second kappa shape index (κ2) is 3.67. The van der Waals surface area contributed by atoms with Crippen molar-refractivity contribution in [2.45, 2.75) is 37.6 Å². The summed E-state index contributed by atoms with van der Waals surface area (Å²) < 4.78 is 31.8. The van der Waals surface area contributed by atoms with Crippen LogP contribution in [0.15, 0.2) is 12.1 Å². The summed E-state index contributed by atoms with van der Waals surface area (Å²) in [5.74, 6) is -1.84. The van der Waals surface area contributed by atoms with Crippen molar-refractivity contribution in [3.8, 4) is 5.75 Å². The molecule has 4 heteroatoms. The maximum Gasteiger partial charge on any atom is 0.200 e. The molecule has 1 aromatic rings. The average molecular weight is 241 g/mol. The van der Waals surface area contributed by atoms with Crippen LogP contribution in [-0.2, 0) is 5.41 Å². The number of halogens is 2. The summed E-state index contributed by atoms with van der Waals surface area (Å²) in [6, 6.07) is 2.72. The Kier molecular flexibility index (Phi) is 2.65. The molecule has 1 aliphatic rings. The molecule has 2 rings (SSSR count). The third-order valence-electron chi connectivity index (χ3n) is 3.75. The van der Waals surface area contributed by atoms with Gasteiger partial charge in [0.1, 0.15) is 0 Å². The molecule has 17 heavy (non-hydrogen) atoms. The minimum Gasteiger partial charge on any atom is -0.493 e. The highest BCUT2D eigenvalue weighted by atomic mass is 19.2. The lowest BCUT2D eigenvalue weighted by Gasteiger charge is -2.32. The summed E-state index contributed by atoms with van der Waals surface area (Å²) in [6.45, 7) is 3.81. The Morgan fingerprint density at radius 1 is 1.29 bits per heavy atom. The van der Waals surface area contributed by atoms with Crippen molar-refractivity contribution >= 4 is 0 Å². The number of hydrogen-bond acceptors (Lipinski definition) is 2. The van der Waals surface area contributed by atoms with E-state index in [1.165, 1.54) is 7.11 Å². The summed E-state index contributed by atoms with van der Waals surface area (Å²) in [5, 5.41) is 0. The number of rotatable bonds is 3. The Morgan fingerprint density at radius 2 is 1.88 bits per heavy atom. The van der Waals surface area contributed by atoms with E-state index in [0.717, 1.165) is 18.9 Å². The Bertz CT molecular complexity index is 447. The summed E-state index contributed by atoms with van der Waals surface area (Å²) in [5.41, 5.74) is 6.04. The lowest BCUT2D eigenvalue weighted by atomic mass is 9.79. The number of nitrogens with two attached hydrogens (primary N) is 1. The smallest absolute Gasteiger partial charge is 0.200 e. The fourth-order valence-electron chi connectivity index (χ4n) is 2.49. The van der Waals surface area contributed by atoms with Crippen LogP contribution in [-0.4, -0.2) is 12.6 Å². The van der Waals surface area contributed by atoms with E-state index < -0.39 is 17.2 Å². The maximum atomic E-state index is 13.7. The molecule has 2 nitrogen and oxygen atoms in total. The van der Waals surface area contributed by atoms with Crippen molar-refractivity contribution in [3.63, 3.8) is 0 Å². The van der Waals surface area contributed by atoms with Gasteiger partial charge in [0.25, 0.3) is 0 Å². The second-order valence-corrected chi connectivity index (χ2v) is 5.25. The maximum absolute atomic E-state index is 13.7. The van der Waals surface area contributed by atoms with Gasteiger partial charge in [-0.3, -0.25) is 0 Å². The molecule has 0 aromatic heterocycles. The first-order valence-corrected chi connectivity index (χ1v) is 5.65. The molecule has 94 valence electrons. The third-order valence-corrected chi connectivity index (χ3v) is 3.75. The standard InChI is InChI=1S/C13H17F2NO/c1-12(2,16)13(6-7-13)8-4-5-9(14)10(15)11(8)17-3/h4-5H,6-7,16H2,1-3H3. The fourth-order valence-corrected chi connectivity index (χ4v) is 2.49. The molecule has 1 fully saturated rings. The van der Waals surface area contributed by atoms with Gasteiger partial charge in [0.15, 0.2) is 11.6 Å². The quantitative estimate of drug-likeness (QED) is 0.883. The fraction of sp³-hybridized carbons (Fsp3) is 0.538. The van der Waals surface area contributed by atoms with Gasteiger partial charge in [0.2, 0.25) is 5.82 Å². The molecule has 0 heterocycles. The molecule has 0 atom stereocenters. The molecule has 1 saturated carbocycles. The third kappa shape index (κ3) is 1.71. The van der Waals surface area contributed by atoms with Crippen LogP contribution < -0.4 is 10.5 Å². The van der Waals surface area contributed by atoms with E-state index in [4.69, 9.17) is 10.5 Å². The number of ether oxygens (including phenoxy) is 1. The van der Waals surface area contributed by atoms with Crippen LogP contribution >= 0.6 is 0 Å². The van der Waals surface area contributed by atoms with Gasteiger partial charge in [-0.05, 0) is 32.8 Å². The summed E-state index contributed by atoms with van der Waals surface area (Å²) in [4.78, 5) is 0. The molecular weight excluding hydrogens is 224 g/mol. The summed E-state index contributed by atoms with van der Waals surface area (Å²) in [6.07, 6.45) is 1.75. The Morgan fingerprint density at radius 3 is 2.29 bits per heavy atom. The molecule has 1 aliphatic carbocycles. The van der Waals surface area contributed by atoms with Gasteiger partial charge < -0.3 is 10.5 Å². The molecule has 0 aliphatic heterocycles. The highest BCUT2D eigenvalue weighted by Crippen LogP contribution is 2.57.